The maximum atomic E-state index is 12.9. The lowest BCUT2D eigenvalue weighted by Crippen LogP contribution is -2.33. The molecule has 0 aromatic heterocycles. The van der Waals surface area contributed by atoms with Crippen molar-refractivity contribution in [3.05, 3.63) is 58.3 Å². The second-order valence-electron chi connectivity index (χ2n) is 5.18. The predicted octanol–water partition coefficient (Wildman–Crippen LogP) is 4.32. The topological polar surface area (TPSA) is 38.3 Å². The highest BCUT2D eigenvalue weighted by Crippen LogP contribution is 2.34. The summed E-state index contributed by atoms with van der Waals surface area (Å²) in [5.41, 5.74) is 0.991. The van der Waals surface area contributed by atoms with Crippen LogP contribution in [0.2, 0.25) is 0 Å². The highest BCUT2D eigenvalue weighted by Gasteiger charge is 2.23. The molecule has 6 heteroatoms. The Labute approximate surface area is 146 Å². The van der Waals surface area contributed by atoms with E-state index >= 15 is 0 Å². The third-order valence-electron chi connectivity index (χ3n) is 3.53. The van der Waals surface area contributed by atoms with Gasteiger partial charge in [0.1, 0.15) is 11.6 Å². The first-order valence-corrected chi connectivity index (χ1v) is 8.99. The Hall–Kier alpha value is -1.53. The first kappa shape index (κ1) is 16.3. The molecular formula is C17H15BrFNO2S. The number of fused-ring (bicyclic) bond motifs is 1. The van der Waals surface area contributed by atoms with Crippen molar-refractivity contribution < 1.29 is 13.9 Å². The maximum Gasteiger partial charge on any atom is 0.230 e. The second kappa shape index (κ2) is 7.36. The lowest BCUT2D eigenvalue weighted by atomic mass is 10.0. The van der Waals surface area contributed by atoms with Crippen LogP contribution >= 0.6 is 27.7 Å². The van der Waals surface area contributed by atoms with Crippen molar-refractivity contribution in [2.75, 3.05) is 12.4 Å². The molecule has 1 N–H and O–H groups in total. The third-order valence-corrected chi connectivity index (χ3v) is 5.04. The maximum absolute atomic E-state index is 12.9. The molecule has 0 radical (unpaired) electrons. The summed E-state index contributed by atoms with van der Waals surface area (Å²) in [5, 5.41) is 3.05. The van der Waals surface area contributed by atoms with Crippen LogP contribution in [-0.2, 0) is 4.79 Å². The highest BCUT2D eigenvalue weighted by atomic mass is 79.9. The van der Waals surface area contributed by atoms with Gasteiger partial charge in [-0.05, 0) is 42.5 Å². The zero-order valence-corrected chi connectivity index (χ0v) is 14.6. The molecule has 120 valence electrons. The standard InChI is InChI=1S/C17H15BrFNO2S/c18-11-1-6-16-14(9-11)15(7-8-22-16)20-17(21)10-23-13-4-2-12(19)3-5-13/h1-6,9,15H,7-8,10H2,(H,20,21). The Kier molecular flexibility index (Phi) is 5.23. The summed E-state index contributed by atoms with van der Waals surface area (Å²) < 4.78 is 19.4. The Morgan fingerprint density at radius 3 is 2.87 bits per heavy atom. The molecule has 1 aliphatic rings. The second-order valence-corrected chi connectivity index (χ2v) is 7.15. The summed E-state index contributed by atoms with van der Waals surface area (Å²) >= 11 is 4.84. The van der Waals surface area contributed by atoms with E-state index in [0.717, 1.165) is 27.1 Å². The third kappa shape index (κ3) is 4.26. The lowest BCUT2D eigenvalue weighted by Gasteiger charge is -2.27. The number of hydrogen-bond acceptors (Lipinski definition) is 3. The van der Waals surface area contributed by atoms with E-state index in [1.54, 1.807) is 12.1 Å². The fourth-order valence-corrected chi connectivity index (χ4v) is 3.52. The van der Waals surface area contributed by atoms with Crippen LogP contribution in [0.5, 0.6) is 5.75 Å². The quantitative estimate of drug-likeness (QED) is 0.783. The van der Waals surface area contributed by atoms with E-state index in [4.69, 9.17) is 4.74 Å². The summed E-state index contributed by atoms with van der Waals surface area (Å²) in [6, 6.07) is 11.9. The van der Waals surface area contributed by atoms with Crippen LogP contribution in [0.1, 0.15) is 18.0 Å². The fourth-order valence-electron chi connectivity index (χ4n) is 2.43. The van der Waals surface area contributed by atoms with Crippen molar-refractivity contribution >= 4 is 33.6 Å². The Morgan fingerprint density at radius 2 is 2.09 bits per heavy atom. The summed E-state index contributed by atoms with van der Waals surface area (Å²) in [5.74, 6) is 0.794. The zero-order valence-electron chi connectivity index (χ0n) is 12.2. The van der Waals surface area contributed by atoms with Gasteiger partial charge in [-0.1, -0.05) is 15.9 Å². The van der Waals surface area contributed by atoms with E-state index in [1.807, 2.05) is 18.2 Å². The number of rotatable bonds is 4. The van der Waals surface area contributed by atoms with Gasteiger partial charge >= 0.3 is 0 Å². The molecule has 0 saturated carbocycles. The summed E-state index contributed by atoms with van der Waals surface area (Å²) in [6.45, 7) is 0.588. The number of carbonyl (C=O) groups excluding carboxylic acids is 1. The summed E-state index contributed by atoms with van der Waals surface area (Å²) in [7, 11) is 0. The van der Waals surface area contributed by atoms with Crippen LogP contribution in [-0.4, -0.2) is 18.3 Å². The van der Waals surface area contributed by atoms with Gasteiger partial charge in [0.25, 0.3) is 0 Å². The molecule has 1 atom stereocenters. The van der Waals surface area contributed by atoms with Crippen molar-refractivity contribution in [1.29, 1.82) is 0 Å². The first-order chi connectivity index (χ1) is 11.1. The van der Waals surface area contributed by atoms with Crippen molar-refractivity contribution in [1.82, 2.24) is 5.32 Å². The van der Waals surface area contributed by atoms with Crippen LogP contribution in [0.3, 0.4) is 0 Å². The van der Waals surface area contributed by atoms with Crippen LogP contribution in [0.15, 0.2) is 51.8 Å². The van der Waals surface area contributed by atoms with E-state index in [1.165, 1.54) is 23.9 Å². The molecule has 2 aromatic rings. The summed E-state index contributed by atoms with van der Waals surface area (Å²) in [4.78, 5) is 13.1. The molecule has 3 nitrogen and oxygen atoms in total. The summed E-state index contributed by atoms with van der Waals surface area (Å²) in [6.07, 6.45) is 0.746. The van der Waals surface area contributed by atoms with E-state index in [2.05, 4.69) is 21.2 Å². The van der Waals surface area contributed by atoms with E-state index < -0.39 is 0 Å². The zero-order chi connectivity index (χ0) is 16.2. The number of nitrogens with one attached hydrogen (secondary N) is 1. The van der Waals surface area contributed by atoms with Gasteiger partial charge < -0.3 is 10.1 Å². The predicted molar refractivity (Wildman–Crippen MR) is 92.3 cm³/mol. The molecule has 3 rings (SSSR count). The van der Waals surface area contributed by atoms with Crippen molar-refractivity contribution in [2.45, 2.75) is 17.4 Å². The fraction of sp³-hybridized carbons (Fsp3) is 0.235. The number of halogens is 2. The molecule has 1 unspecified atom stereocenters. The molecule has 0 spiro atoms. The largest absolute Gasteiger partial charge is 0.493 e. The monoisotopic (exact) mass is 395 g/mol. The molecule has 0 fully saturated rings. The Morgan fingerprint density at radius 1 is 1.30 bits per heavy atom. The average Bonchev–Trinajstić information content (AvgIpc) is 2.55. The number of carbonyl (C=O) groups is 1. The molecule has 1 amide bonds. The smallest absolute Gasteiger partial charge is 0.230 e. The van der Waals surface area contributed by atoms with Gasteiger partial charge in [0.15, 0.2) is 0 Å². The molecule has 0 bridgehead atoms. The molecular weight excluding hydrogens is 381 g/mol. The normalized spacial score (nSPS) is 16.3. The molecule has 1 heterocycles. The Bertz CT molecular complexity index is 708. The molecule has 0 aliphatic carbocycles. The number of hydrogen-bond donors (Lipinski definition) is 1. The van der Waals surface area contributed by atoms with Gasteiger partial charge in [-0.25, -0.2) is 4.39 Å². The van der Waals surface area contributed by atoms with Gasteiger partial charge in [0, 0.05) is 21.4 Å². The molecule has 23 heavy (non-hydrogen) atoms. The van der Waals surface area contributed by atoms with Crippen LogP contribution in [0.4, 0.5) is 4.39 Å². The van der Waals surface area contributed by atoms with Gasteiger partial charge in [-0.3, -0.25) is 4.79 Å². The van der Waals surface area contributed by atoms with Gasteiger partial charge in [-0.2, -0.15) is 0 Å². The Balaban J connectivity index is 1.60. The van der Waals surface area contributed by atoms with Crippen LogP contribution in [0.25, 0.3) is 0 Å². The number of benzene rings is 2. The minimum absolute atomic E-state index is 0.0439. The lowest BCUT2D eigenvalue weighted by molar-refractivity contribution is -0.119. The number of thioether (sulfide) groups is 1. The SMILES string of the molecule is O=C(CSc1ccc(F)cc1)NC1CCOc2ccc(Br)cc21. The van der Waals surface area contributed by atoms with Crippen LogP contribution < -0.4 is 10.1 Å². The van der Waals surface area contributed by atoms with Crippen molar-refractivity contribution in [3.63, 3.8) is 0 Å². The highest BCUT2D eigenvalue weighted by molar-refractivity contribution is 9.10. The molecule has 2 aromatic carbocycles. The minimum Gasteiger partial charge on any atom is -0.493 e. The van der Waals surface area contributed by atoms with Gasteiger partial charge in [0.2, 0.25) is 5.91 Å². The van der Waals surface area contributed by atoms with Gasteiger partial charge in [-0.15, -0.1) is 11.8 Å². The average molecular weight is 396 g/mol. The van der Waals surface area contributed by atoms with Crippen molar-refractivity contribution in [3.8, 4) is 5.75 Å². The van der Waals surface area contributed by atoms with E-state index in [9.17, 15) is 9.18 Å². The molecule has 1 aliphatic heterocycles. The molecule has 0 saturated heterocycles. The first-order valence-electron chi connectivity index (χ1n) is 7.22. The van der Waals surface area contributed by atoms with Crippen molar-refractivity contribution in [2.24, 2.45) is 0 Å². The number of amides is 1. The van der Waals surface area contributed by atoms with Gasteiger partial charge in [0.05, 0.1) is 18.4 Å². The number of ether oxygens (including phenoxy) is 1. The van der Waals surface area contributed by atoms with E-state index in [0.29, 0.717) is 12.4 Å². The van der Waals surface area contributed by atoms with E-state index in [-0.39, 0.29) is 17.8 Å². The van der Waals surface area contributed by atoms with Crippen LogP contribution in [0, 0.1) is 5.82 Å². The minimum atomic E-state index is -0.275.